The van der Waals surface area contributed by atoms with Crippen LogP contribution in [-0.4, -0.2) is 25.9 Å². The van der Waals surface area contributed by atoms with E-state index in [4.69, 9.17) is 4.98 Å². The number of rotatable bonds is 4. The summed E-state index contributed by atoms with van der Waals surface area (Å²) in [6, 6.07) is 11.4. The summed E-state index contributed by atoms with van der Waals surface area (Å²) in [6.45, 7) is 0. The van der Waals surface area contributed by atoms with E-state index in [1.807, 2.05) is 24.6 Å². The van der Waals surface area contributed by atoms with Crippen molar-refractivity contribution in [3.8, 4) is 0 Å². The van der Waals surface area contributed by atoms with Crippen molar-refractivity contribution in [3.63, 3.8) is 0 Å². The van der Waals surface area contributed by atoms with Gasteiger partial charge in [0.1, 0.15) is 0 Å². The molecule has 1 saturated carbocycles. The van der Waals surface area contributed by atoms with Gasteiger partial charge in [-0.1, -0.05) is 37.1 Å². The Kier molecular flexibility index (Phi) is 4.77. The molecule has 1 aromatic heterocycles. The SMILES string of the molecule is CSc1ccc(C2=CC3(C=C2c2ccc(S(C)(=O)=O)cc2)CCCC3)nc1. The third-order valence-corrected chi connectivity index (χ3v) is 7.37. The van der Waals surface area contributed by atoms with Gasteiger partial charge in [-0.15, -0.1) is 11.8 Å². The van der Waals surface area contributed by atoms with Gasteiger partial charge >= 0.3 is 0 Å². The van der Waals surface area contributed by atoms with Crippen LogP contribution in [0.15, 0.2) is 64.5 Å². The molecule has 0 atom stereocenters. The van der Waals surface area contributed by atoms with Gasteiger partial charge in [-0.3, -0.25) is 4.98 Å². The Hall–Kier alpha value is -1.85. The number of hydrogen-bond acceptors (Lipinski definition) is 4. The molecule has 0 amide bonds. The van der Waals surface area contributed by atoms with Crippen LogP contribution in [0.25, 0.3) is 11.1 Å². The molecule has 0 aliphatic heterocycles. The summed E-state index contributed by atoms with van der Waals surface area (Å²) in [5.41, 5.74) is 4.49. The molecule has 2 aliphatic rings. The van der Waals surface area contributed by atoms with Crippen molar-refractivity contribution in [1.82, 2.24) is 4.98 Å². The molecule has 0 bridgehead atoms. The van der Waals surface area contributed by atoms with E-state index in [2.05, 4.69) is 24.3 Å². The van der Waals surface area contributed by atoms with Crippen LogP contribution >= 0.6 is 11.8 Å². The van der Waals surface area contributed by atoms with E-state index in [9.17, 15) is 8.42 Å². The van der Waals surface area contributed by atoms with E-state index < -0.39 is 9.84 Å². The predicted molar refractivity (Wildman–Crippen MR) is 112 cm³/mol. The minimum atomic E-state index is -3.19. The normalized spacial score (nSPS) is 18.6. The highest BCUT2D eigenvalue weighted by molar-refractivity contribution is 7.98. The van der Waals surface area contributed by atoms with E-state index >= 15 is 0 Å². The average Bonchev–Trinajstić information content (AvgIpc) is 3.28. The third kappa shape index (κ3) is 3.63. The lowest BCUT2D eigenvalue weighted by molar-refractivity contribution is 0.523. The maximum absolute atomic E-state index is 11.8. The van der Waals surface area contributed by atoms with Gasteiger partial charge in [0.25, 0.3) is 0 Å². The molecule has 0 N–H and O–H groups in total. The fourth-order valence-electron chi connectivity index (χ4n) is 4.09. The smallest absolute Gasteiger partial charge is 0.175 e. The number of aromatic nitrogens is 1. The molecule has 1 fully saturated rings. The van der Waals surface area contributed by atoms with Gasteiger partial charge in [0.05, 0.1) is 10.6 Å². The van der Waals surface area contributed by atoms with Gasteiger partial charge in [0, 0.05) is 28.3 Å². The van der Waals surface area contributed by atoms with Crippen LogP contribution in [0.5, 0.6) is 0 Å². The lowest BCUT2D eigenvalue weighted by Gasteiger charge is -2.16. The molecule has 2 aromatic rings. The summed E-state index contributed by atoms with van der Waals surface area (Å²) in [4.78, 5) is 6.20. The Morgan fingerprint density at radius 1 is 0.963 bits per heavy atom. The van der Waals surface area contributed by atoms with Crippen molar-refractivity contribution in [3.05, 3.63) is 66.0 Å². The summed E-state index contributed by atoms with van der Waals surface area (Å²) >= 11 is 1.69. The van der Waals surface area contributed by atoms with E-state index in [1.54, 1.807) is 23.9 Å². The highest BCUT2D eigenvalue weighted by Crippen LogP contribution is 2.51. The first-order valence-electron chi connectivity index (χ1n) is 9.17. The van der Waals surface area contributed by atoms with Crippen molar-refractivity contribution >= 4 is 32.7 Å². The number of pyridine rings is 1. The van der Waals surface area contributed by atoms with Gasteiger partial charge in [0.2, 0.25) is 0 Å². The van der Waals surface area contributed by atoms with E-state index in [0.29, 0.717) is 4.90 Å². The van der Waals surface area contributed by atoms with Crippen LogP contribution in [0.3, 0.4) is 0 Å². The number of hydrogen-bond donors (Lipinski definition) is 0. The molecular formula is C22H23NO2S2. The highest BCUT2D eigenvalue weighted by atomic mass is 32.2. The third-order valence-electron chi connectivity index (χ3n) is 5.53. The van der Waals surface area contributed by atoms with Crippen LogP contribution in [0.4, 0.5) is 0 Å². The molecule has 1 aromatic carbocycles. The first-order valence-corrected chi connectivity index (χ1v) is 12.3. The zero-order chi connectivity index (χ0) is 19.1. The monoisotopic (exact) mass is 397 g/mol. The largest absolute Gasteiger partial charge is 0.255 e. The molecule has 4 rings (SSSR count). The Balaban J connectivity index is 1.77. The second kappa shape index (κ2) is 6.95. The Morgan fingerprint density at radius 2 is 1.63 bits per heavy atom. The number of allylic oxidation sites excluding steroid dienone is 4. The summed E-state index contributed by atoms with van der Waals surface area (Å²) in [5, 5.41) is 0. The quantitative estimate of drug-likeness (QED) is 0.661. The molecule has 140 valence electrons. The first-order chi connectivity index (χ1) is 12.9. The van der Waals surface area contributed by atoms with E-state index in [-0.39, 0.29) is 5.41 Å². The lowest BCUT2D eigenvalue weighted by atomic mass is 9.88. The summed E-state index contributed by atoms with van der Waals surface area (Å²) < 4.78 is 23.6. The molecule has 0 radical (unpaired) electrons. The fourth-order valence-corrected chi connectivity index (χ4v) is 5.08. The number of benzene rings is 1. The highest BCUT2D eigenvalue weighted by Gasteiger charge is 2.36. The number of nitrogens with zero attached hydrogens (tertiary/aromatic N) is 1. The average molecular weight is 398 g/mol. The van der Waals surface area contributed by atoms with Gasteiger partial charge < -0.3 is 0 Å². The van der Waals surface area contributed by atoms with Crippen LogP contribution in [-0.2, 0) is 9.84 Å². The zero-order valence-electron chi connectivity index (χ0n) is 15.6. The molecule has 5 heteroatoms. The van der Waals surface area contributed by atoms with Crippen molar-refractivity contribution in [2.45, 2.75) is 35.5 Å². The van der Waals surface area contributed by atoms with Crippen molar-refractivity contribution in [2.24, 2.45) is 5.41 Å². The molecule has 0 saturated heterocycles. The number of sulfone groups is 1. The maximum Gasteiger partial charge on any atom is 0.175 e. The van der Waals surface area contributed by atoms with Gasteiger partial charge in [0.15, 0.2) is 9.84 Å². The molecule has 3 nitrogen and oxygen atoms in total. The first kappa shape index (κ1) is 18.5. The van der Waals surface area contributed by atoms with Crippen molar-refractivity contribution in [2.75, 3.05) is 12.5 Å². The van der Waals surface area contributed by atoms with Gasteiger partial charge in [-0.05, 0) is 54.5 Å². The second-order valence-corrected chi connectivity index (χ2v) is 10.3. The molecule has 27 heavy (non-hydrogen) atoms. The molecule has 2 aliphatic carbocycles. The molecule has 0 unspecified atom stereocenters. The molecule has 1 heterocycles. The summed E-state index contributed by atoms with van der Waals surface area (Å²) in [7, 11) is -3.19. The number of thioether (sulfide) groups is 1. The summed E-state index contributed by atoms with van der Waals surface area (Å²) in [6.07, 6.45) is 14.8. The predicted octanol–water partition coefficient (Wildman–Crippen LogP) is 5.25. The second-order valence-electron chi connectivity index (χ2n) is 7.44. The Labute approximate surface area is 165 Å². The zero-order valence-corrected chi connectivity index (χ0v) is 17.2. The van der Waals surface area contributed by atoms with Crippen molar-refractivity contribution < 1.29 is 8.42 Å². The minimum Gasteiger partial charge on any atom is -0.255 e. The van der Waals surface area contributed by atoms with E-state index in [0.717, 1.165) is 21.7 Å². The van der Waals surface area contributed by atoms with Crippen LogP contribution < -0.4 is 0 Å². The standard InChI is InChI=1S/C22H23NO2S2/c1-26-17-7-10-21(23-15-17)20-14-22(11-3-4-12-22)13-19(20)16-5-8-18(9-6-16)27(2,24)25/h5-10,13-15H,3-4,11-12H2,1-2H3. The Bertz CT molecular complexity index is 1010. The molecular weight excluding hydrogens is 374 g/mol. The van der Waals surface area contributed by atoms with E-state index in [1.165, 1.54) is 37.5 Å². The minimum absolute atomic E-state index is 0.125. The fraction of sp³-hybridized carbons (Fsp3) is 0.318. The molecule has 1 spiro atoms. The summed E-state index contributed by atoms with van der Waals surface area (Å²) in [5.74, 6) is 0. The van der Waals surface area contributed by atoms with Crippen LogP contribution in [0.2, 0.25) is 0 Å². The van der Waals surface area contributed by atoms with Crippen LogP contribution in [0, 0.1) is 5.41 Å². The van der Waals surface area contributed by atoms with Crippen LogP contribution in [0.1, 0.15) is 36.9 Å². The lowest BCUT2D eigenvalue weighted by Crippen LogP contribution is -2.05. The van der Waals surface area contributed by atoms with Gasteiger partial charge in [-0.2, -0.15) is 0 Å². The maximum atomic E-state index is 11.8. The van der Waals surface area contributed by atoms with Gasteiger partial charge in [-0.25, -0.2) is 8.42 Å². The Morgan fingerprint density at radius 3 is 2.19 bits per heavy atom. The van der Waals surface area contributed by atoms with Crippen molar-refractivity contribution in [1.29, 1.82) is 0 Å². The topological polar surface area (TPSA) is 47.0 Å².